The lowest BCUT2D eigenvalue weighted by Crippen LogP contribution is -1.99. The van der Waals surface area contributed by atoms with Crippen molar-refractivity contribution in [2.45, 2.75) is 47.0 Å². The Bertz CT molecular complexity index is 460. The van der Waals surface area contributed by atoms with Crippen LogP contribution in [0.1, 0.15) is 44.1 Å². The predicted octanol–water partition coefficient (Wildman–Crippen LogP) is 4.61. The first kappa shape index (κ1) is 12.2. The van der Waals surface area contributed by atoms with Crippen molar-refractivity contribution in [2.75, 3.05) is 0 Å². The fourth-order valence-corrected chi connectivity index (χ4v) is 2.67. The van der Waals surface area contributed by atoms with Crippen LogP contribution in [0.5, 0.6) is 0 Å². The molecule has 1 aromatic heterocycles. The lowest BCUT2D eigenvalue weighted by Gasteiger charge is -2.12. The molecule has 1 aromatic rings. The summed E-state index contributed by atoms with van der Waals surface area (Å²) in [5.74, 6) is 1.78. The van der Waals surface area contributed by atoms with Crippen LogP contribution in [0.3, 0.4) is 0 Å². The molecule has 1 aliphatic rings. The van der Waals surface area contributed by atoms with E-state index in [1.54, 1.807) is 0 Å². The Kier molecular flexibility index (Phi) is 3.56. The number of hydrogen-bond acceptors (Lipinski definition) is 1. The second kappa shape index (κ2) is 4.95. The van der Waals surface area contributed by atoms with E-state index in [0.717, 1.165) is 18.6 Å². The number of hydrogen-bond donors (Lipinski definition) is 0. The van der Waals surface area contributed by atoms with Crippen LogP contribution in [0, 0.1) is 12.8 Å². The van der Waals surface area contributed by atoms with Crippen molar-refractivity contribution in [3.8, 4) is 0 Å². The number of fused-ring (bicyclic) bond motifs is 1. The van der Waals surface area contributed by atoms with Gasteiger partial charge in [-0.15, -0.1) is 0 Å². The van der Waals surface area contributed by atoms with Crippen molar-refractivity contribution in [1.29, 1.82) is 0 Å². The van der Waals surface area contributed by atoms with Crippen LogP contribution >= 0.6 is 0 Å². The Hall–Kier alpha value is -1.24. The van der Waals surface area contributed by atoms with E-state index in [2.05, 4.69) is 39.8 Å². The molecule has 1 heteroatoms. The summed E-state index contributed by atoms with van der Waals surface area (Å²) >= 11 is 0. The summed E-state index contributed by atoms with van der Waals surface area (Å²) in [4.78, 5) is 0. The van der Waals surface area contributed by atoms with Crippen molar-refractivity contribution in [1.82, 2.24) is 0 Å². The molecule has 17 heavy (non-hydrogen) atoms. The zero-order chi connectivity index (χ0) is 12.4. The fraction of sp³-hybridized carbons (Fsp3) is 0.500. The molecule has 0 aliphatic heterocycles. The maximum absolute atomic E-state index is 5.69. The third kappa shape index (κ3) is 2.91. The molecule has 0 saturated carbocycles. The highest BCUT2D eigenvalue weighted by Crippen LogP contribution is 2.25. The zero-order valence-electron chi connectivity index (χ0n) is 11.3. The Morgan fingerprint density at radius 3 is 2.71 bits per heavy atom. The topological polar surface area (TPSA) is 13.1 Å². The highest BCUT2D eigenvalue weighted by atomic mass is 16.3. The van der Waals surface area contributed by atoms with Crippen LogP contribution in [0.25, 0.3) is 0 Å². The molecule has 0 spiro atoms. The number of allylic oxidation sites excluding steroid dienone is 4. The highest BCUT2D eigenvalue weighted by Gasteiger charge is 2.12. The van der Waals surface area contributed by atoms with Crippen molar-refractivity contribution in [2.24, 2.45) is 5.92 Å². The SMILES string of the molecule is C/C1=C\C(C)C/C(C)=C/Cc2c(C)coc2C1. The van der Waals surface area contributed by atoms with Crippen LogP contribution in [0.2, 0.25) is 0 Å². The monoisotopic (exact) mass is 230 g/mol. The maximum Gasteiger partial charge on any atom is 0.111 e. The average molecular weight is 230 g/mol. The Labute approximate surface area is 104 Å². The van der Waals surface area contributed by atoms with E-state index in [1.807, 2.05) is 6.26 Å². The molecule has 1 unspecified atom stereocenters. The molecule has 1 atom stereocenters. The second-order valence-electron chi connectivity index (χ2n) is 5.45. The molecule has 1 heterocycles. The molecule has 0 amide bonds. The summed E-state index contributed by atoms with van der Waals surface area (Å²) in [6.45, 7) is 8.87. The van der Waals surface area contributed by atoms with Gasteiger partial charge in [0.05, 0.1) is 6.26 Å². The first-order chi connectivity index (χ1) is 8.06. The summed E-state index contributed by atoms with van der Waals surface area (Å²) < 4.78 is 5.69. The van der Waals surface area contributed by atoms with Crippen LogP contribution < -0.4 is 0 Å². The number of aryl methyl sites for hydroxylation is 1. The highest BCUT2D eigenvalue weighted by molar-refractivity contribution is 5.32. The largest absolute Gasteiger partial charge is 0.468 e. The molecule has 0 radical (unpaired) electrons. The smallest absolute Gasteiger partial charge is 0.111 e. The molecule has 0 fully saturated rings. The van der Waals surface area contributed by atoms with Gasteiger partial charge in [0.25, 0.3) is 0 Å². The third-order valence-corrected chi connectivity index (χ3v) is 3.50. The van der Waals surface area contributed by atoms with Gasteiger partial charge < -0.3 is 4.42 Å². The summed E-state index contributed by atoms with van der Waals surface area (Å²) in [5, 5.41) is 0. The standard InChI is InChI=1S/C16H22O/c1-11-5-6-15-14(4)10-17-16(15)9-13(3)8-12(2)7-11/h5,8,10,12H,6-7,9H2,1-4H3/b11-5+,13-8+. The van der Waals surface area contributed by atoms with Gasteiger partial charge in [0.2, 0.25) is 0 Å². The lowest BCUT2D eigenvalue weighted by molar-refractivity contribution is 0.513. The molecule has 0 N–H and O–H groups in total. The minimum absolute atomic E-state index is 0.629. The van der Waals surface area contributed by atoms with Crippen LogP contribution in [-0.2, 0) is 12.8 Å². The van der Waals surface area contributed by atoms with E-state index in [1.165, 1.54) is 28.7 Å². The van der Waals surface area contributed by atoms with E-state index in [0.29, 0.717) is 5.92 Å². The maximum atomic E-state index is 5.69. The summed E-state index contributed by atoms with van der Waals surface area (Å²) in [6, 6.07) is 0. The fourth-order valence-electron chi connectivity index (χ4n) is 2.67. The van der Waals surface area contributed by atoms with Gasteiger partial charge in [-0.1, -0.05) is 30.2 Å². The zero-order valence-corrected chi connectivity index (χ0v) is 11.3. The summed E-state index contributed by atoms with van der Waals surface area (Å²) in [6.07, 6.45) is 9.77. The van der Waals surface area contributed by atoms with E-state index in [4.69, 9.17) is 4.42 Å². The Balaban J connectivity index is 2.39. The van der Waals surface area contributed by atoms with Crippen LogP contribution in [0.4, 0.5) is 0 Å². The molecular formula is C16H22O. The number of furan rings is 1. The van der Waals surface area contributed by atoms with Gasteiger partial charge in [-0.25, -0.2) is 0 Å². The van der Waals surface area contributed by atoms with Gasteiger partial charge in [0.15, 0.2) is 0 Å². The van der Waals surface area contributed by atoms with E-state index in [-0.39, 0.29) is 0 Å². The van der Waals surface area contributed by atoms with Gasteiger partial charge in [-0.3, -0.25) is 0 Å². The van der Waals surface area contributed by atoms with Crippen LogP contribution in [-0.4, -0.2) is 0 Å². The van der Waals surface area contributed by atoms with Crippen LogP contribution in [0.15, 0.2) is 34.0 Å². The van der Waals surface area contributed by atoms with Crippen molar-refractivity contribution < 1.29 is 4.42 Å². The summed E-state index contributed by atoms with van der Waals surface area (Å²) in [7, 11) is 0. The molecule has 0 saturated heterocycles. The van der Waals surface area contributed by atoms with E-state index < -0.39 is 0 Å². The van der Waals surface area contributed by atoms with Crippen molar-refractivity contribution in [3.05, 3.63) is 46.4 Å². The van der Waals surface area contributed by atoms with Gasteiger partial charge in [-0.05, 0) is 45.1 Å². The molecule has 1 aliphatic carbocycles. The first-order valence-corrected chi connectivity index (χ1v) is 6.45. The predicted molar refractivity (Wildman–Crippen MR) is 72.1 cm³/mol. The van der Waals surface area contributed by atoms with Crippen molar-refractivity contribution in [3.63, 3.8) is 0 Å². The van der Waals surface area contributed by atoms with Gasteiger partial charge in [0.1, 0.15) is 5.76 Å². The minimum atomic E-state index is 0.629. The van der Waals surface area contributed by atoms with E-state index >= 15 is 0 Å². The van der Waals surface area contributed by atoms with Gasteiger partial charge in [-0.2, -0.15) is 0 Å². The minimum Gasteiger partial charge on any atom is -0.468 e. The Morgan fingerprint density at radius 2 is 1.94 bits per heavy atom. The lowest BCUT2D eigenvalue weighted by atomic mass is 9.94. The first-order valence-electron chi connectivity index (χ1n) is 6.45. The second-order valence-corrected chi connectivity index (χ2v) is 5.45. The molecule has 0 bridgehead atoms. The quantitative estimate of drug-likeness (QED) is 0.593. The third-order valence-electron chi connectivity index (χ3n) is 3.50. The Morgan fingerprint density at radius 1 is 1.18 bits per heavy atom. The summed E-state index contributed by atoms with van der Waals surface area (Å²) in [5.41, 5.74) is 5.56. The molecule has 2 rings (SSSR count). The van der Waals surface area contributed by atoms with Gasteiger partial charge in [0, 0.05) is 12.0 Å². The van der Waals surface area contributed by atoms with E-state index in [9.17, 15) is 0 Å². The molecular weight excluding hydrogens is 208 g/mol. The van der Waals surface area contributed by atoms with Crippen molar-refractivity contribution >= 4 is 0 Å². The molecule has 1 nitrogen and oxygen atoms in total. The molecule has 92 valence electrons. The normalized spacial score (nSPS) is 27.6. The van der Waals surface area contributed by atoms with Gasteiger partial charge >= 0.3 is 0 Å². The number of rotatable bonds is 0. The molecule has 0 aromatic carbocycles. The average Bonchev–Trinajstić information content (AvgIpc) is 2.56.